The quantitative estimate of drug-likeness (QED) is 0.597. The number of ether oxygens (including phenoxy) is 2. The Morgan fingerprint density at radius 3 is 2.62 bits per heavy atom. The van der Waals surface area contributed by atoms with E-state index < -0.39 is 11.3 Å². The first-order valence-corrected chi connectivity index (χ1v) is 14.3. The highest BCUT2D eigenvalue weighted by Crippen LogP contribution is 2.47. The summed E-state index contributed by atoms with van der Waals surface area (Å²) in [5.41, 5.74) is 2.33. The van der Waals surface area contributed by atoms with Crippen molar-refractivity contribution < 1.29 is 45.2 Å². The first kappa shape index (κ1) is 29.2. The first-order valence-electron chi connectivity index (χ1n) is 14.3. The largest absolute Gasteiger partial charge is 1.00 e. The molecular weight excluding hydrogens is 541 g/mol. The lowest BCUT2D eigenvalue weighted by atomic mass is 9.68. The van der Waals surface area contributed by atoms with Gasteiger partial charge in [0, 0.05) is 31.0 Å². The number of fused-ring (bicyclic) bond motifs is 2. The van der Waals surface area contributed by atoms with Crippen LogP contribution in [0.15, 0.2) is 42.5 Å². The molecule has 5 nitrogen and oxygen atoms in total. The number of hydrogen-bond acceptors (Lipinski definition) is 3. The molecule has 6 rings (SSSR count). The predicted molar refractivity (Wildman–Crippen MR) is 140 cm³/mol. The van der Waals surface area contributed by atoms with Crippen LogP contribution in [-0.4, -0.2) is 56.1 Å². The fourth-order valence-electron chi connectivity index (χ4n) is 7.91. The number of carbonyl (C=O) groups is 1. The molecule has 1 amide bonds. The highest BCUT2D eigenvalue weighted by Gasteiger charge is 2.56. The number of amides is 1. The summed E-state index contributed by atoms with van der Waals surface area (Å²) in [5, 5.41) is 2.20. The molecule has 0 unspecified atom stereocenters. The van der Waals surface area contributed by atoms with E-state index in [0.717, 1.165) is 23.4 Å². The Morgan fingerprint density at radius 1 is 1.10 bits per heavy atom. The summed E-state index contributed by atoms with van der Waals surface area (Å²) in [6.07, 6.45) is 1.74. The van der Waals surface area contributed by atoms with Gasteiger partial charge in [-0.2, -0.15) is 0 Å². The van der Waals surface area contributed by atoms with E-state index in [-0.39, 0.29) is 60.8 Å². The van der Waals surface area contributed by atoms with Gasteiger partial charge >= 0.3 is 0 Å². The molecule has 1 aliphatic carbocycles. The van der Waals surface area contributed by atoms with Crippen molar-refractivity contribution in [1.82, 2.24) is 4.90 Å². The van der Waals surface area contributed by atoms with E-state index in [0.29, 0.717) is 57.6 Å². The Labute approximate surface area is 240 Å². The van der Waals surface area contributed by atoms with Gasteiger partial charge in [-0.15, -0.1) is 0 Å². The van der Waals surface area contributed by atoms with Crippen molar-refractivity contribution in [2.75, 3.05) is 33.4 Å². The third kappa shape index (κ3) is 5.12. The van der Waals surface area contributed by atoms with Gasteiger partial charge in [-0.3, -0.25) is 4.79 Å². The molecule has 3 fully saturated rings. The second-order valence-electron chi connectivity index (χ2n) is 12.0. The van der Waals surface area contributed by atoms with E-state index in [2.05, 4.69) is 11.4 Å². The standard InChI is InChI=1S/C31H37F3N2O3.ClH/c1-38-28-8-4-6-24-23(28)17-39-19-30(24)18-35-16-25(30)29(37)36-14-11-21(22-5-2-3-7-26(22)32)15-27(36)20-9-12-31(33,34)13-10-20;/h2-8,20-21,25,27,35H,9-19H2,1H3;1H/t21-,25+,27+,30-;/m1./s1. The summed E-state index contributed by atoms with van der Waals surface area (Å²) in [5.74, 6) is -2.35. The highest BCUT2D eigenvalue weighted by atomic mass is 35.5. The summed E-state index contributed by atoms with van der Waals surface area (Å²) in [4.78, 5) is 16.5. The van der Waals surface area contributed by atoms with Crippen molar-refractivity contribution in [3.8, 4) is 5.75 Å². The number of carbonyl (C=O) groups excluding carboxylic acids is 1. The molecule has 3 aliphatic heterocycles. The maximum atomic E-state index is 14.8. The van der Waals surface area contributed by atoms with Gasteiger partial charge in [0.1, 0.15) is 17.5 Å². The van der Waals surface area contributed by atoms with E-state index in [1.165, 1.54) is 6.07 Å². The summed E-state index contributed by atoms with van der Waals surface area (Å²) < 4.78 is 54.8. The number of quaternary nitrogens is 1. The molecule has 3 heterocycles. The molecule has 0 radical (unpaired) electrons. The molecule has 1 saturated carbocycles. The van der Waals surface area contributed by atoms with Gasteiger partial charge < -0.3 is 32.1 Å². The van der Waals surface area contributed by atoms with Crippen LogP contribution in [0.4, 0.5) is 13.2 Å². The molecule has 4 aliphatic rings. The Balaban J connectivity index is 0.00000323. The molecule has 2 saturated heterocycles. The Morgan fingerprint density at radius 2 is 1.88 bits per heavy atom. The Kier molecular flexibility index (Phi) is 8.42. The van der Waals surface area contributed by atoms with Gasteiger partial charge in [-0.1, -0.05) is 30.3 Å². The van der Waals surface area contributed by atoms with Crippen LogP contribution in [0.3, 0.4) is 0 Å². The molecule has 2 aromatic rings. The van der Waals surface area contributed by atoms with Crippen LogP contribution in [0.5, 0.6) is 5.75 Å². The van der Waals surface area contributed by atoms with Crippen molar-refractivity contribution in [1.29, 1.82) is 0 Å². The third-order valence-corrected chi connectivity index (χ3v) is 9.95. The lowest BCUT2D eigenvalue weighted by Gasteiger charge is -2.47. The fraction of sp³-hybridized carbons (Fsp3) is 0.581. The number of benzene rings is 2. The van der Waals surface area contributed by atoms with E-state index in [1.54, 1.807) is 13.2 Å². The number of hydrogen-bond donors (Lipinski definition) is 1. The SMILES string of the molecule is COc1cccc2c1COC[C@]21C[NH2+]C[C@H]1C(=O)N1CC[C@@H](c2ccccc2F)C[C@H]1C1CCC(F)(F)CC1.[Cl-]. The zero-order chi connectivity index (χ0) is 27.2. The van der Waals surface area contributed by atoms with Gasteiger partial charge in [-0.05, 0) is 60.8 Å². The number of nitrogens with zero attached hydrogens (tertiary/aromatic N) is 1. The zero-order valence-electron chi connectivity index (χ0n) is 22.9. The lowest BCUT2D eigenvalue weighted by Crippen LogP contribution is -3.00. The first-order chi connectivity index (χ1) is 18.8. The van der Waals surface area contributed by atoms with Gasteiger partial charge in [0.2, 0.25) is 11.8 Å². The second-order valence-corrected chi connectivity index (χ2v) is 12.0. The molecule has 2 aromatic carbocycles. The number of piperidine rings is 1. The van der Waals surface area contributed by atoms with Crippen LogP contribution in [-0.2, 0) is 21.6 Å². The van der Waals surface area contributed by atoms with Crippen LogP contribution >= 0.6 is 0 Å². The minimum absolute atomic E-state index is 0. The van der Waals surface area contributed by atoms with Crippen LogP contribution < -0.4 is 22.5 Å². The molecule has 40 heavy (non-hydrogen) atoms. The van der Waals surface area contributed by atoms with Crippen molar-refractivity contribution in [2.24, 2.45) is 11.8 Å². The maximum Gasteiger partial charge on any atom is 0.248 e. The minimum atomic E-state index is -2.64. The van der Waals surface area contributed by atoms with Gasteiger partial charge in [0.15, 0.2) is 0 Å². The molecule has 1 spiro atoms. The topological polar surface area (TPSA) is 55.4 Å². The number of methoxy groups -OCH3 is 1. The van der Waals surface area contributed by atoms with Crippen LogP contribution in [0.25, 0.3) is 0 Å². The summed E-state index contributed by atoms with van der Waals surface area (Å²) in [7, 11) is 1.65. The summed E-state index contributed by atoms with van der Waals surface area (Å²) in [6, 6.07) is 12.7. The molecule has 0 bridgehead atoms. The molecule has 0 aromatic heterocycles. The van der Waals surface area contributed by atoms with Crippen LogP contribution in [0.1, 0.15) is 61.1 Å². The fourth-order valence-corrected chi connectivity index (χ4v) is 7.91. The third-order valence-electron chi connectivity index (χ3n) is 9.95. The van der Waals surface area contributed by atoms with E-state index in [4.69, 9.17) is 9.47 Å². The van der Waals surface area contributed by atoms with Gasteiger partial charge in [-0.25, -0.2) is 13.2 Å². The second kappa shape index (κ2) is 11.5. The van der Waals surface area contributed by atoms with E-state index >= 15 is 0 Å². The van der Waals surface area contributed by atoms with Crippen molar-refractivity contribution in [3.05, 3.63) is 65.0 Å². The molecule has 4 atom stereocenters. The van der Waals surface area contributed by atoms with Gasteiger partial charge in [0.05, 0.1) is 38.8 Å². The number of alkyl halides is 2. The normalized spacial score (nSPS) is 30.0. The van der Waals surface area contributed by atoms with Crippen LogP contribution in [0, 0.1) is 17.7 Å². The summed E-state index contributed by atoms with van der Waals surface area (Å²) >= 11 is 0. The van der Waals surface area contributed by atoms with E-state index in [9.17, 15) is 18.0 Å². The smallest absolute Gasteiger partial charge is 0.248 e. The molecular formula is C31H38ClF3N2O3. The average Bonchev–Trinajstić information content (AvgIpc) is 3.36. The number of rotatable bonds is 4. The van der Waals surface area contributed by atoms with Crippen LogP contribution in [0.2, 0.25) is 0 Å². The Bertz CT molecular complexity index is 1220. The predicted octanol–water partition coefficient (Wildman–Crippen LogP) is 1.40. The molecule has 218 valence electrons. The minimum Gasteiger partial charge on any atom is -1.00 e. The van der Waals surface area contributed by atoms with E-state index in [1.807, 2.05) is 29.2 Å². The molecule has 9 heteroatoms. The monoisotopic (exact) mass is 578 g/mol. The lowest BCUT2D eigenvalue weighted by molar-refractivity contribution is -0.640. The van der Waals surface area contributed by atoms with Gasteiger partial charge in [0.25, 0.3) is 0 Å². The zero-order valence-corrected chi connectivity index (χ0v) is 23.6. The van der Waals surface area contributed by atoms with Crippen molar-refractivity contribution in [3.63, 3.8) is 0 Å². The number of halogens is 4. The number of nitrogens with two attached hydrogens (primary N) is 1. The average molecular weight is 579 g/mol. The Hall–Kier alpha value is -2.29. The van der Waals surface area contributed by atoms with Crippen molar-refractivity contribution >= 4 is 5.91 Å². The van der Waals surface area contributed by atoms with Crippen molar-refractivity contribution in [2.45, 2.75) is 68.4 Å². The maximum absolute atomic E-state index is 14.8. The summed E-state index contributed by atoms with van der Waals surface area (Å²) in [6.45, 7) is 2.83. The molecule has 2 N–H and O–H groups in total. The highest BCUT2D eigenvalue weighted by molar-refractivity contribution is 5.82. The number of likely N-dealkylation sites (tertiary alicyclic amines) is 1.